The molecule has 0 radical (unpaired) electrons. The highest BCUT2D eigenvalue weighted by atomic mass is 16.6. The molecule has 1 fully saturated rings. The molecule has 144 valence electrons. The molecule has 3 amide bonds. The highest BCUT2D eigenvalue weighted by Gasteiger charge is 2.34. The van der Waals surface area contributed by atoms with Crippen molar-refractivity contribution in [2.75, 3.05) is 13.1 Å². The minimum atomic E-state index is -0.624. The topological polar surface area (TPSA) is 101 Å². The lowest BCUT2D eigenvalue weighted by atomic mass is 10.0. The molecule has 0 aromatic carbocycles. The second-order valence-corrected chi connectivity index (χ2v) is 7.26. The molecule has 1 aromatic rings. The van der Waals surface area contributed by atoms with Crippen LogP contribution in [0.5, 0.6) is 0 Å². The summed E-state index contributed by atoms with van der Waals surface area (Å²) in [6.07, 6.45) is 3.26. The van der Waals surface area contributed by atoms with Gasteiger partial charge in [-0.3, -0.25) is 14.5 Å². The smallest absolute Gasteiger partial charge is 0.410 e. The maximum atomic E-state index is 12.5. The first-order valence-corrected chi connectivity index (χ1v) is 8.82. The molecule has 1 aromatic heterocycles. The average molecular weight is 365 g/mol. The monoisotopic (exact) mass is 365 g/mol. The summed E-state index contributed by atoms with van der Waals surface area (Å²) in [6, 6.07) is 2.87. The summed E-state index contributed by atoms with van der Waals surface area (Å²) in [5, 5.41) is 5.25. The van der Waals surface area contributed by atoms with E-state index >= 15 is 0 Å². The minimum Gasteiger partial charge on any atom is -0.467 e. The molecular weight excluding hydrogens is 338 g/mol. The summed E-state index contributed by atoms with van der Waals surface area (Å²) in [5.74, 6) is -0.0360. The average Bonchev–Trinajstić information content (AvgIpc) is 3.10. The van der Waals surface area contributed by atoms with Gasteiger partial charge in [-0.25, -0.2) is 4.79 Å². The molecule has 1 aliphatic rings. The van der Waals surface area contributed by atoms with Crippen molar-refractivity contribution in [3.05, 3.63) is 24.2 Å². The second-order valence-electron chi connectivity index (χ2n) is 7.26. The van der Waals surface area contributed by atoms with Gasteiger partial charge < -0.3 is 19.8 Å². The van der Waals surface area contributed by atoms with Gasteiger partial charge in [0.05, 0.1) is 19.4 Å². The molecule has 0 spiro atoms. The molecule has 0 bridgehead atoms. The SMILES string of the molecule is CC(C)(C)OC(=O)N1CCCCC1C(=O)NCC(=O)NCc1ccco1. The molecule has 0 aliphatic carbocycles. The van der Waals surface area contributed by atoms with Crippen LogP contribution in [0.25, 0.3) is 0 Å². The van der Waals surface area contributed by atoms with E-state index in [1.54, 1.807) is 32.9 Å². The highest BCUT2D eigenvalue weighted by molar-refractivity contribution is 5.89. The van der Waals surface area contributed by atoms with Gasteiger partial charge in [0.2, 0.25) is 11.8 Å². The van der Waals surface area contributed by atoms with Crippen molar-refractivity contribution in [1.82, 2.24) is 15.5 Å². The molecule has 1 unspecified atom stereocenters. The van der Waals surface area contributed by atoms with Gasteiger partial charge in [-0.05, 0) is 52.2 Å². The Kier molecular flexibility index (Phi) is 6.65. The van der Waals surface area contributed by atoms with Gasteiger partial charge in [0.1, 0.15) is 17.4 Å². The molecule has 1 atom stereocenters. The number of nitrogens with zero attached hydrogens (tertiary/aromatic N) is 1. The first kappa shape index (κ1) is 19.8. The number of carbonyl (C=O) groups excluding carboxylic acids is 3. The van der Waals surface area contributed by atoms with Crippen molar-refractivity contribution >= 4 is 17.9 Å². The molecule has 0 saturated carbocycles. The van der Waals surface area contributed by atoms with E-state index in [0.29, 0.717) is 18.7 Å². The largest absolute Gasteiger partial charge is 0.467 e. The second kappa shape index (κ2) is 8.73. The number of hydrogen-bond acceptors (Lipinski definition) is 5. The Balaban J connectivity index is 1.83. The predicted molar refractivity (Wildman–Crippen MR) is 94.1 cm³/mol. The van der Waals surface area contributed by atoms with Crippen molar-refractivity contribution in [2.24, 2.45) is 0 Å². The number of hydrogen-bond donors (Lipinski definition) is 2. The Morgan fingerprint density at radius 3 is 2.69 bits per heavy atom. The normalized spacial score (nSPS) is 17.5. The van der Waals surface area contributed by atoms with Gasteiger partial charge in [0.25, 0.3) is 0 Å². The van der Waals surface area contributed by atoms with Crippen LogP contribution in [-0.4, -0.2) is 47.5 Å². The molecular formula is C18H27N3O5. The summed E-state index contributed by atoms with van der Waals surface area (Å²) < 4.78 is 10.5. The molecule has 1 saturated heterocycles. The maximum absolute atomic E-state index is 12.5. The summed E-state index contributed by atoms with van der Waals surface area (Å²) in [7, 11) is 0. The standard InChI is InChI=1S/C18H27N3O5/c1-18(2,3)26-17(24)21-9-5-4-8-14(21)16(23)20-12-15(22)19-11-13-7-6-10-25-13/h6-7,10,14H,4-5,8-9,11-12H2,1-3H3,(H,19,22)(H,20,23). The number of amides is 3. The van der Waals surface area contributed by atoms with E-state index in [2.05, 4.69) is 10.6 Å². The number of carbonyl (C=O) groups is 3. The van der Waals surface area contributed by atoms with Crippen molar-refractivity contribution in [3.8, 4) is 0 Å². The van der Waals surface area contributed by atoms with Crippen LogP contribution in [0.2, 0.25) is 0 Å². The summed E-state index contributed by atoms with van der Waals surface area (Å²) in [6.45, 7) is 5.93. The van der Waals surface area contributed by atoms with Gasteiger partial charge in [-0.15, -0.1) is 0 Å². The Hall–Kier alpha value is -2.51. The Morgan fingerprint density at radius 1 is 1.27 bits per heavy atom. The zero-order chi connectivity index (χ0) is 19.2. The molecule has 8 heteroatoms. The minimum absolute atomic E-state index is 0.155. The Bertz CT molecular complexity index is 621. The van der Waals surface area contributed by atoms with E-state index in [4.69, 9.17) is 9.15 Å². The van der Waals surface area contributed by atoms with E-state index in [1.807, 2.05) is 0 Å². The van der Waals surface area contributed by atoms with Crippen LogP contribution >= 0.6 is 0 Å². The number of ether oxygens (including phenoxy) is 1. The number of nitrogens with one attached hydrogen (secondary N) is 2. The number of piperidine rings is 1. The van der Waals surface area contributed by atoms with Crippen LogP contribution in [0, 0.1) is 0 Å². The first-order chi connectivity index (χ1) is 12.3. The molecule has 2 rings (SSSR count). The van der Waals surface area contributed by atoms with Crippen molar-refractivity contribution in [2.45, 2.75) is 58.2 Å². The lowest BCUT2D eigenvalue weighted by Gasteiger charge is -2.35. The van der Waals surface area contributed by atoms with Gasteiger partial charge in [-0.1, -0.05) is 0 Å². The van der Waals surface area contributed by atoms with Crippen LogP contribution in [0.15, 0.2) is 22.8 Å². The zero-order valence-electron chi connectivity index (χ0n) is 15.5. The zero-order valence-corrected chi connectivity index (χ0v) is 15.5. The van der Waals surface area contributed by atoms with Gasteiger partial charge in [0, 0.05) is 6.54 Å². The molecule has 1 aliphatic heterocycles. The third-order valence-electron chi connectivity index (χ3n) is 3.90. The fourth-order valence-electron chi connectivity index (χ4n) is 2.69. The Morgan fingerprint density at radius 2 is 2.04 bits per heavy atom. The van der Waals surface area contributed by atoms with E-state index in [-0.39, 0.29) is 24.9 Å². The predicted octanol–water partition coefficient (Wildman–Crippen LogP) is 1.80. The highest BCUT2D eigenvalue weighted by Crippen LogP contribution is 2.20. The third kappa shape index (κ3) is 6.09. The van der Waals surface area contributed by atoms with Gasteiger partial charge in [-0.2, -0.15) is 0 Å². The fraction of sp³-hybridized carbons (Fsp3) is 0.611. The van der Waals surface area contributed by atoms with Crippen LogP contribution in [-0.2, 0) is 20.9 Å². The van der Waals surface area contributed by atoms with Crippen molar-refractivity contribution in [3.63, 3.8) is 0 Å². The van der Waals surface area contributed by atoms with E-state index in [1.165, 1.54) is 11.2 Å². The lowest BCUT2D eigenvalue weighted by Crippen LogP contribution is -2.54. The molecule has 26 heavy (non-hydrogen) atoms. The summed E-state index contributed by atoms with van der Waals surface area (Å²) in [5.41, 5.74) is -0.624. The molecule has 2 heterocycles. The van der Waals surface area contributed by atoms with Crippen LogP contribution in [0.4, 0.5) is 4.79 Å². The Labute approximate surface area is 153 Å². The fourth-order valence-corrected chi connectivity index (χ4v) is 2.69. The first-order valence-electron chi connectivity index (χ1n) is 8.82. The lowest BCUT2D eigenvalue weighted by molar-refractivity contribution is -0.130. The molecule has 2 N–H and O–H groups in total. The van der Waals surface area contributed by atoms with Crippen LogP contribution in [0.1, 0.15) is 45.8 Å². The van der Waals surface area contributed by atoms with Gasteiger partial charge in [0.15, 0.2) is 0 Å². The van der Waals surface area contributed by atoms with Crippen molar-refractivity contribution in [1.29, 1.82) is 0 Å². The third-order valence-corrected chi connectivity index (χ3v) is 3.90. The van der Waals surface area contributed by atoms with Gasteiger partial charge >= 0.3 is 6.09 Å². The number of likely N-dealkylation sites (tertiary alicyclic amines) is 1. The summed E-state index contributed by atoms with van der Waals surface area (Å²) >= 11 is 0. The summed E-state index contributed by atoms with van der Waals surface area (Å²) in [4.78, 5) is 38.1. The maximum Gasteiger partial charge on any atom is 0.410 e. The quantitative estimate of drug-likeness (QED) is 0.829. The molecule has 8 nitrogen and oxygen atoms in total. The van der Waals surface area contributed by atoms with E-state index < -0.39 is 17.7 Å². The van der Waals surface area contributed by atoms with Crippen LogP contribution < -0.4 is 10.6 Å². The van der Waals surface area contributed by atoms with E-state index in [9.17, 15) is 14.4 Å². The number of rotatable bonds is 5. The van der Waals surface area contributed by atoms with Crippen LogP contribution in [0.3, 0.4) is 0 Å². The van der Waals surface area contributed by atoms with E-state index in [0.717, 1.165) is 12.8 Å². The van der Waals surface area contributed by atoms with Crippen molar-refractivity contribution < 1.29 is 23.5 Å². The number of furan rings is 1.